The van der Waals surface area contributed by atoms with Crippen molar-refractivity contribution in [1.29, 1.82) is 0 Å². The molecule has 0 saturated carbocycles. The quantitative estimate of drug-likeness (QED) is 0.635. The zero-order valence-corrected chi connectivity index (χ0v) is 12.3. The standard InChI is InChI=1S/C12H10BrF3N2OS/c13-10-5-8(6-20-10)11(18-17)7-2-1-3-9(4-7)19-12(14,15)16/h1-6,11,18H,17H2. The Bertz CT molecular complexity index is 588. The molecule has 0 aliphatic heterocycles. The highest BCUT2D eigenvalue weighted by molar-refractivity contribution is 9.11. The lowest BCUT2D eigenvalue weighted by molar-refractivity contribution is -0.274. The topological polar surface area (TPSA) is 47.3 Å². The molecule has 0 fully saturated rings. The van der Waals surface area contributed by atoms with E-state index in [-0.39, 0.29) is 5.75 Å². The average molecular weight is 367 g/mol. The van der Waals surface area contributed by atoms with Gasteiger partial charge in [0.25, 0.3) is 0 Å². The number of ether oxygens (including phenoxy) is 1. The first-order valence-corrected chi connectivity index (χ1v) is 7.12. The summed E-state index contributed by atoms with van der Waals surface area (Å²) in [6, 6.07) is 7.17. The van der Waals surface area contributed by atoms with Crippen LogP contribution in [0.15, 0.2) is 39.5 Å². The monoisotopic (exact) mass is 366 g/mol. The summed E-state index contributed by atoms with van der Waals surface area (Å²) in [5, 5.41) is 1.87. The highest BCUT2D eigenvalue weighted by Gasteiger charge is 2.31. The van der Waals surface area contributed by atoms with Crippen molar-refractivity contribution in [2.45, 2.75) is 12.4 Å². The van der Waals surface area contributed by atoms with Gasteiger partial charge >= 0.3 is 6.36 Å². The summed E-state index contributed by atoms with van der Waals surface area (Å²) in [6.07, 6.45) is -4.71. The van der Waals surface area contributed by atoms with Gasteiger partial charge in [-0.2, -0.15) is 0 Å². The number of nitrogens with one attached hydrogen (secondary N) is 1. The molecule has 0 spiro atoms. The van der Waals surface area contributed by atoms with Crippen LogP contribution >= 0.6 is 27.3 Å². The first-order chi connectivity index (χ1) is 9.39. The molecule has 1 heterocycles. The van der Waals surface area contributed by atoms with Gasteiger partial charge in [0.15, 0.2) is 0 Å². The Balaban J connectivity index is 2.29. The SMILES string of the molecule is NNC(c1cccc(OC(F)(F)F)c1)c1csc(Br)c1. The Labute approximate surface area is 125 Å². The van der Waals surface area contributed by atoms with Crippen LogP contribution in [-0.2, 0) is 0 Å². The Morgan fingerprint density at radius 1 is 1.25 bits per heavy atom. The van der Waals surface area contributed by atoms with Crippen molar-refractivity contribution in [3.8, 4) is 5.75 Å². The zero-order valence-electron chi connectivity index (χ0n) is 9.95. The maximum absolute atomic E-state index is 12.2. The Morgan fingerprint density at radius 2 is 2.00 bits per heavy atom. The molecule has 108 valence electrons. The largest absolute Gasteiger partial charge is 0.573 e. The predicted molar refractivity (Wildman–Crippen MR) is 74.3 cm³/mol. The third kappa shape index (κ3) is 3.95. The minimum atomic E-state index is -4.71. The van der Waals surface area contributed by atoms with Gasteiger partial charge in [0.2, 0.25) is 0 Å². The number of halogens is 4. The van der Waals surface area contributed by atoms with E-state index in [1.54, 1.807) is 6.07 Å². The van der Waals surface area contributed by atoms with Gasteiger partial charge in [0.1, 0.15) is 5.75 Å². The number of alkyl halides is 3. The molecular weight excluding hydrogens is 357 g/mol. The number of rotatable bonds is 4. The molecular formula is C12H10BrF3N2OS. The second kappa shape index (κ2) is 6.13. The van der Waals surface area contributed by atoms with E-state index in [1.807, 2.05) is 11.4 Å². The first-order valence-electron chi connectivity index (χ1n) is 5.45. The van der Waals surface area contributed by atoms with Crippen molar-refractivity contribution in [2.75, 3.05) is 0 Å². The van der Waals surface area contributed by atoms with Gasteiger partial charge in [-0.25, -0.2) is 5.43 Å². The maximum Gasteiger partial charge on any atom is 0.573 e. The zero-order chi connectivity index (χ0) is 14.8. The van der Waals surface area contributed by atoms with Crippen LogP contribution in [0, 0.1) is 0 Å². The summed E-state index contributed by atoms with van der Waals surface area (Å²) in [7, 11) is 0. The van der Waals surface area contributed by atoms with Crippen LogP contribution < -0.4 is 16.0 Å². The highest BCUT2D eigenvalue weighted by atomic mass is 79.9. The van der Waals surface area contributed by atoms with E-state index >= 15 is 0 Å². The molecule has 0 radical (unpaired) electrons. The minimum Gasteiger partial charge on any atom is -0.406 e. The van der Waals surface area contributed by atoms with Gasteiger partial charge in [-0.15, -0.1) is 24.5 Å². The van der Waals surface area contributed by atoms with E-state index in [0.717, 1.165) is 9.35 Å². The van der Waals surface area contributed by atoms with E-state index < -0.39 is 12.4 Å². The molecule has 0 saturated heterocycles. The third-order valence-electron chi connectivity index (χ3n) is 2.51. The van der Waals surface area contributed by atoms with E-state index in [9.17, 15) is 13.2 Å². The summed E-state index contributed by atoms with van der Waals surface area (Å²) >= 11 is 4.80. The van der Waals surface area contributed by atoms with Gasteiger partial charge < -0.3 is 4.74 Å². The molecule has 1 aromatic carbocycles. The highest BCUT2D eigenvalue weighted by Crippen LogP contribution is 2.31. The lowest BCUT2D eigenvalue weighted by Gasteiger charge is -2.16. The Kier molecular flexibility index (Phi) is 4.69. The second-order valence-corrected chi connectivity index (χ2v) is 6.19. The van der Waals surface area contributed by atoms with Crippen molar-refractivity contribution < 1.29 is 17.9 Å². The molecule has 1 unspecified atom stereocenters. The summed E-state index contributed by atoms with van der Waals surface area (Å²) < 4.78 is 41.5. The van der Waals surface area contributed by atoms with Gasteiger partial charge in [-0.1, -0.05) is 12.1 Å². The summed E-state index contributed by atoms with van der Waals surface area (Å²) in [6.45, 7) is 0. The predicted octanol–water partition coefficient (Wildman–Crippen LogP) is 3.96. The van der Waals surface area contributed by atoms with Crippen LogP contribution in [0.2, 0.25) is 0 Å². The van der Waals surface area contributed by atoms with E-state index in [2.05, 4.69) is 26.1 Å². The molecule has 2 aromatic rings. The molecule has 0 bridgehead atoms. The number of nitrogens with two attached hydrogens (primary N) is 1. The Morgan fingerprint density at radius 3 is 2.55 bits per heavy atom. The van der Waals surface area contributed by atoms with Crippen LogP contribution in [0.5, 0.6) is 5.75 Å². The smallest absolute Gasteiger partial charge is 0.406 e. The van der Waals surface area contributed by atoms with Gasteiger partial charge in [0, 0.05) is 0 Å². The van der Waals surface area contributed by atoms with Crippen LogP contribution in [0.25, 0.3) is 0 Å². The molecule has 3 nitrogen and oxygen atoms in total. The van der Waals surface area contributed by atoms with Crippen LogP contribution in [-0.4, -0.2) is 6.36 Å². The lowest BCUT2D eigenvalue weighted by atomic mass is 10.0. The van der Waals surface area contributed by atoms with Crippen molar-refractivity contribution in [1.82, 2.24) is 5.43 Å². The third-order valence-corrected chi connectivity index (χ3v) is 4.04. The van der Waals surface area contributed by atoms with Crippen LogP contribution in [0.4, 0.5) is 13.2 Å². The van der Waals surface area contributed by atoms with E-state index in [1.165, 1.54) is 29.5 Å². The minimum absolute atomic E-state index is 0.274. The summed E-state index contributed by atoms with van der Waals surface area (Å²) in [5.74, 6) is 5.23. The number of benzene rings is 1. The molecule has 0 aliphatic carbocycles. The molecule has 0 aliphatic rings. The lowest BCUT2D eigenvalue weighted by Crippen LogP contribution is -2.28. The molecule has 1 atom stereocenters. The fourth-order valence-electron chi connectivity index (χ4n) is 1.75. The van der Waals surface area contributed by atoms with Crippen molar-refractivity contribution in [2.24, 2.45) is 5.84 Å². The number of thiophene rings is 1. The fourth-order valence-corrected chi connectivity index (χ4v) is 2.95. The van der Waals surface area contributed by atoms with Crippen LogP contribution in [0.3, 0.4) is 0 Å². The normalized spacial score (nSPS) is 13.2. The molecule has 0 amide bonds. The summed E-state index contributed by atoms with van der Waals surface area (Å²) in [5.41, 5.74) is 4.03. The number of hydrogen-bond donors (Lipinski definition) is 2. The van der Waals surface area contributed by atoms with Crippen molar-refractivity contribution in [3.63, 3.8) is 0 Å². The maximum atomic E-state index is 12.2. The number of hydrazine groups is 1. The molecule has 3 N–H and O–H groups in total. The van der Waals surface area contributed by atoms with Gasteiger partial charge in [-0.3, -0.25) is 5.84 Å². The van der Waals surface area contributed by atoms with Crippen molar-refractivity contribution >= 4 is 27.3 Å². The molecule has 20 heavy (non-hydrogen) atoms. The molecule has 2 rings (SSSR count). The average Bonchev–Trinajstić information content (AvgIpc) is 2.75. The van der Waals surface area contributed by atoms with Gasteiger partial charge in [0.05, 0.1) is 9.83 Å². The van der Waals surface area contributed by atoms with E-state index in [4.69, 9.17) is 5.84 Å². The Hall–Kier alpha value is -1.09. The van der Waals surface area contributed by atoms with Crippen LogP contribution in [0.1, 0.15) is 17.2 Å². The number of hydrogen-bond acceptors (Lipinski definition) is 4. The second-order valence-electron chi connectivity index (χ2n) is 3.90. The summed E-state index contributed by atoms with van der Waals surface area (Å²) in [4.78, 5) is 0. The first kappa shape index (κ1) is 15.3. The van der Waals surface area contributed by atoms with E-state index in [0.29, 0.717) is 5.56 Å². The van der Waals surface area contributed by atoms with Crippen molar-refractivity contribution in [3.05, 3.63) is 50.6 Å². The fraction of sp³-hybridized carbons (Fsp3) is 0.167. The molecule has 1 aromatic heterocycles. The molecule has 8 heteroatoms. The van der Waals surface area contributed by atoms with Gasteiger partial charge in [-0.05, 0) is 50.6 Å².